The van der Waals surface area contributed by atoms with Crippen LogP contribution in [0.3, 0.4) is 0 Å². The second-order valence-electron chi connectivity index (χ2n) is 4.02. The highest BCUT2D eigenvalue weighted by molar-refractivity contribution is 6.06. The van der Waals surface area contributed by atoms with Crippen molar-refractivity contribution in [2.24, 2.45) is 0 Å². The monoisotopic (exact) mass is 261 g/mol. The van der Waals surface area contributed by atoms with Crippen LogP contribution in [-0.2, 0) is 0 Å². The minimum absolute atomic E-state index is 0.139. The van der Waals surface area contributed by atoms with E-state index in [4.69, 9.17) is 0 Å². The number of rotatable bonds is 2. The number of nitrogens with zero attached hydrogens (tertiary/aromatic N) is 1. The zero-order chi connectivity index (χ0) is 14.0. The summed E-state index contributed by atoms with van der Waals surface area (Å²) in [4.78, 5) is 13.3. The highest BCUT2D eigenvalue weighted by Crippen LogP contribution is 2.26. The van der Waals surface area contributed by atoms with E-state index >= 15 is 0 Å². The molecule has 2 rings (SSSR count). The average molecular weight is 261 g/mol. The summed E-state index contributed by atoms with van der Waals surface area (Å²) in [6.07, 6.45) is 0. The Balaban J connectivity index is 2.34. The quantitative estimate of drug-likeness (QED) is 0.816. The zero-order valence-electron chi connectivity index (χ0n) is 10.2. The van der Waals surface area contributed by atoms with Crippen molar-refractivity contribution in [3.8, 4) is 11.5 Å². The minimum Gasteiger partial charge on any atom is -0.504 e. The van der Waals surface area contributed by atoms with Gasteiger partial charge in [0.15, 0.2) is 11.5 Å². The molecular weight excluding hydrogens is 249 g/mol. The number of hydrogen-bond acceptors (Lipinski definition) is 3. The molecule has 0 radical (unpaired) electrons. The second-order valence-corrected chi connectivity index (χ2v) is 4.02. The number of halogens is 1. The molecule has 0 saturated carbocycles. The Kier molecular flexibility index (Phi) is 3.37. The van der Waals surface area contributed by atoms with Crippen LogP contribution in [0.2, 0.25) is 0 Å². The smallest absolute Gasteiger partial charge is 0.258 e. The fourth-order valence-corrected chi connectivity index (χ4v) is 1.68. The molecule has 0 heterocycles. The van der Waals surface area contributed by atoms with Gasteiger partial charge < -0.3 is 15.1 Å². The maximum absolute atomic E-state index is 13.6. The van der Waals surface area contributed by atoms with E-state index in [1.165, 1.54) is 37.4 Å². The van der Waals surface area contributed by atoms with Crippen LogP contribution in [0, 0.1) is 5.82 Å². The van der Waals surface area contributed by atoms with Crippen molar-refractivity contribution in [2.45, 2.75) is 0 Å². The van der Waals surface area contributed by atoms with Gasteiger partial charge >= 0.3 is 0 Å². The number of phenolic OH excluding ortho intramolecular Hbond substituents is 2. The summed E-state index contributed by atoms with van der Waals surface area (Å²) in [7, 11) is 1.44. The number of benzene rings is 2. The molecule has 2 aromatic rings. The summed E-state index contributed by atoms with van der Waals surface area (Å²) in [6, 6.07) is 9.59. The first kappa shape index (κ1) is 12.9. The third kappa shape index (κ3) is 2.49. The van der Waals surface area contributed by atoms with Gasteiger partial charge in [0.05, 0.1) is 5.69 Å². The largest absolute Gasteiger partial charge is 0.504 e. The molecule has 0 aliphatic rings. The van der Waals surface area contributed by atoms with Gasteiger partial charge in [-0.2, -0.15) is 0 Å². The van der Waals surface area contributed by atoms with Gasteiger partial charge in [-0.05, 0) is 30.3 Å². The zero-order valence-corrected chi connectivity index (χ0v) is 10.2. The van der Waals surface area contributed by atoms with Crippen molar-refractivity contribution < 1.29 is 19.4 Å². The van der Waals surface area contributed by atoms with Gasteiger partial charge in [0.1, 0.15) is 5.82 Å². The van der Waals surface area contributed by atoms with Crippen molar-refractivity contribution in [3.05, 3.63) is 53.8 Å². The minimum atomic E-state index is -0.513. The van der Waals surface area contributed by atoms with Crippen molar-refractivity contribution in [1.82, 2.24) is 0 Å². The van der Waals surface area contributed by atoms with Gasteiger partial charge in [-0.25, -0.2) is 4.39 Å². The van der Waals surface area contributed by atoms with Crippen LogP contribution in [0.15, 0.2) is 42.5 Å². The SMILES string of the molecule is CN(C(=O)c1ccc(O)c(O)c1)c1ccccc1F. The summed E-state index contributed by atoms with van der Waals surface area (Å²) < 4.78 is 13.6. The van der Waals surface area contributed by atoms with E-state index in [0.717, 1.165) is 11.0 Å². The Morgan fingerprint density at radius 1 is 1.11 bits per heavy atom. The lowest BCUT2D eigenvalue weighted by Crippen LogP contribution is -2.26. The first-order valence-corrected chi connectivity index (χ1v) is 5.55. The Hall–Kier alpha value is -2.56. The molecule has 0 unspecified atom stereocenters. The molecule has 2 aromatic carbocycles. The molecule has 0 atom stereocenters. The number of para-hydroxylation sites is 1. The van der Waals surface area contributed by atoms with Crippen molar-refractivity contribution in [2.75, 3.05) is 11.9 Å². The number of carbonyl (C=O) groups excluding carboxylic acids is 1. The number of hydrogen-bond donors (Lipinski definition) is 2. The van der Waals surface area contributed by atoms with Crippen molar-refractivity contribution in [3.63, 3.8) is 0 Å². The highest BCUT2D eigenvalue weighted by Gasteiger charge is 2.17. The summed E-state index contributed by atoms with van der Waals surface area (Å²) in [5, 5.41) is 18.6. The molecule has 2 N–H and O–H groups in total. The Bertz CT molecular complexity index is 628. The molecule has 4 nitrogen and oxygen atoms in total. The van der Waals surface area contributed by atoms with Gasteiger partial charge in [-0.1, -0.05) is 12.1 Å². The van der Waals surface area contributed by atoms with Crippen LogP contribution in [0.25, 0.3) is 0 Å². The van der Waals surface area contributed by atoms with Crippen LogP contribution in [0.1, 0.15) is 10.4 Å². The second kappa shape index (κ2) is 4.97. The van der Waals surface area contributed by atoms with E-state index in [1.807, 2.05) is 0 Å². The maximum atomic E-state index is 13.6. The average Bonchev–Trinajstić information content (AvgIpc) is 2.41. The molecule has 1 amide bonds. The van der Waals surface area contributed by atoms with Crippen LogP contribution in [-0.4, -0.2) is 23.2 Å². The van der Waals surface area contributed by atoms with E-state index in [1.54, 1.807) is 6.07 Å². The fraction of sp³-hybridized carbons (Fsp3) is 0.0714. The Morgan fingerprint density at radius 2 is 1.79 bits per heavy atom. The Labute approximate surface area is 109 Å². The van der Waals surface area contributed by atoms with E-state index in [9.17, 15) is 19.4 Å². The molecule has 0 saturated heterocycles. The lowest BCUT2D eigenvalue weighted by Gasteiger charge is -2.18. The first-order chi connectivity index (χ1) is 9.00. The topological polar surface area (TPSA) is 60.8 Å². The van der Waals surface area contributed by atoms with Crippen LogP contribution >= 0.6 is 0 Å². The molecule has 0 aliphatic heterocycles. The number of aromatic hydroxyl groups is 2. The predicted octanol–water partition coefficient (Wildman–Crippen LogP) is 2.51. The summed E-state index contributed by atoms with van der Waals surface area (Å²) in [6.45, 7) is 0. The first-order valence-electron chi connectivity index (χ1n) is 5.55. The summed E-state index contributed by atoms with van der Waals surface area (Å²) >= 11 is 0. The molecule has 0 aromatic heterocycles. The molecule has 0 spiro atoms. The normalized spacial score (nSPS) is 10.2. The number of carbonyl (C=O) groups is 1. The van der Waals surface area contributed by atoms with Crippen molar-refractivity contribution >= 4 is 11.6 Å². The van der Waals surface area contributed by atoms with E-state index in [0.29, 0.717) is 0 Å². The third-order valence-corrected chi connectivity index (χ3v) is 2.74. The number of amides is 1. The number of phenols is 2. The van der Waals surface area contributed by atoms with Gasteiger partial charge in [0.2, 0.25) is 0 Å². The van der Waals surface area contributed by atoms with Gasteiger partial charge in [0, 0.05) is 12.6 Å². The highest BCUT2D eigenvalue weighted by atomic mass is 19.1. The molecular formula is C14H12FNO3. The standard InChI is InChI=1S/C14H12FNO3/c1-16(11-5-3-2-4-10(11)15)14(19)9-6-7-12(17)13(18)8-9/h2-8,17-18H,1H3. The molecule has 0 bridgehead atoms. The molecule has 0 aliphatic carbocycles. The van der Waals surface area contributed by atoms with Gasteiger partial charge in [-0.3, -0.25) is 4.79 Å². The van der Waals surface area contributed by atoms with Gasteiger partial charge in [0.25, 0.3) is 5.91 Å². The number of anilines is 1. The third-order valence-electron chi connectivity index (χ3n) is 2.74. The van der Waals surface area contributed by atoms with Crippen LogP contribution in [0.4, 0.5) is 10.1 Å². The van der Waals surface area contributed by atoms with Gasteiger partial charge in [-0.15, -0.1) is 0 Å². The van der Waals surface area contributed by atoms with E-state index in [2.05, 4.69) is 0 Å². The van der Waals surface area contributed by atoms with E-state index < -0.39 is 17.5 Å². The van der Waals surface area contributed by atoms with Crippen LogP contribution in [0.5, 0.6) is 11.5 Å². The fourth-order valence-electron chi connectivity index (χ4n) is 1.68. The molecule has 0 fully saturated rings. The molecule has 98 valence electrons. The summed E-state index contributed by atoms with van der Waals surface area (Å²) in [5.41, 5.74) is 0.293. The maximum Gasteiger partial charge on any atom is 0.258 e. The molecule has 19 heavy (non-hydrogen) atoms. The lowest BCUT2D eigenvalue weighted by atomic mass is 10.1. The lowest BCUT2D eigenvalue weighted by molar-refractivity contribution is 0.0992. The van der Waals surface area contributed by atoms with E-state index in [-0.39, 0.29) is 17.0 Å². The summed E-state index contributed by atoms with van der Waals surface area (Å²) in [5.74, 6) is -1.71. The predicted molar refractivity (Wildman–Crippen MR) is 68.9 cm³/mol. The van der Waals surface area contributed by atoms with Crippen LogP contribution < -0.4 is 4.90 Å². The molecule has 5 heteroatoms. The van der Waals surface area contributed by atoms with Crippen molar-refractivity contribution in [1.29, 1.82) is 0 Å². The Morgan fingerprint density at radius 3 is 2.42 bits per heavy atom.